The van der Waals surface area contributed by atoms with Crippen LogP contribution in [-0.2, 0) is 0 Å². The highest BCUT2D eigenvalue weighted by Crippen LogP contribution is 2.24. The van der Waals surface area contributed by atoms with E-state index < -0.39 is 10.9 Å². The SMILES string of the molecule is O=[N+](O)c1ccc(C(O)=[OH+])cc1Cl. The van der Waals surface area contributed by atoms with E-state index in [9.17, 15) is 4.91 Å². The maximum Gasteiger partial charge on any atom is 0.515 e. The van der Waals surface area contributed by atoms with E-state index in [0.717, 1.165) is 12.1 Å². The Kier molecular flexibility index (Phi) is 2.48. The zero-order chi connectivity index (χ0) is 10.0. The fourth-order valence-corrected chi connectivity index (χ4v) is 1.05. The molecule has 1 aromatic carbocycles. The third-order valence-corrected chi connectivity index (χ3v) is 1.71. The Labute approximate surface area is 77.7 Å². The van der Waals surface area contributed by atoms with Gasteiger partial charge in [0.25, 0.3) is 4.92 Å². The molecule has 0 heterocycles. The van der Waals surface area contributed by atoms with Gasteiger partial charge in [-0.15, -0.1) is 0 Å². The minimum atomic E-state index is -0.899. The van der Waals surface area contributed by atoms with Gasteiger partial charge in [0.2, 0.25) is 0 Å². The van der Waals surface area contributed by atoms with Crippen LogP contribution in [0.5, 0.6) is 0 Å². The van der Waals surface area contributed by atoms with Crippen molar-refractivity contribution in [1.82, 2.24) is 0 Å². The Morgan fingerprint density at radius 2 is 2.15 bits per heavy atom. The van der Waals surface area contributed by atoms with E-state index in [2.05, 4.69) is 0 Å². The van der Waals surface area contributed by atoms with Gasteiger partial charge < -0.3 is 9.90 Å². The van der Waals surface area contributed by atoms with Crippen LogP contribution in [0.15, 0.2) is 18.2 Å². The molecule has 0 unspecified atom stereocenters. The van der Waals surface area contributed by atoms with Gasteiger partial charge in [-0.2, -0.15) is 0 Å². The van der Waals surface area contributed by atoms with Crippen LogP contribution in [-0.4, -0.2) is 26.0 Å². The van der Waals surface area contributed by atoms with Crippen LogP contribution in [0.1, 0.15) is 5.56 Å². The summed E-state index contributed by atoms with van der Waals surface area (Å²) in [4.78, 5) is 18.6. The van der Waals surface area contributed by atoms with Gasteiger partial charge >= 0.3 is 11.7 Å². The molecule has 68 valence electrons. The van der Waals surface area contributed by atoms with Gasteiger partial charge in [0.15, 0.2) is 0 Å². The number of aromatic carboxylic acids is 1. The average molecular weight is 204 g/mol. The minimum Gasteiger partial charge on any atom is -0.335 e. The van der Waals surface area contributed by atoms with Crippen LogP contribution in [0.4, 0.5) is 5.69 Å². The van der Waals surface area contributed by atoms with Crippen molar-refractivity contribution in [3.05, 3.63) is 33.7 Å². The van der Waals surface area contributed by atoms with Crippen molar-refractivity contribution in [3.63, 3.8) is 0 Å². The summed E-state index contributed by atoms with van der Waals surface area (Å²) in [5.74, 6) is -0.899. The average Bonchev–Trinajstić information content (AvgIpc) is 2.03. The van der Waals surface area contributed by atoms with Gasteiger partial charge in [-0.05, 0) is 12.1 Å². The normalized spacial score (nSPS) is 9.62. The maximum atomic E-state index is 10.4. The molecular weight excluding hydrogens is 198 g/mol. The van der Waals surface area contributed by atoms with Crippen molar-refractivity contribution in [2.45, 2.75) is 0 Å². The highest BCUT2D eigenvalue weighted by molar-refractivity contribution is 6.32. The lowest BCUT2D eigenvalue weighted by Gasteiger charge is -1.90. The number of hydrogen-bond acceptors (Lipinski definition) is 1. The summed E-state index contributed by atoms with van der Waals surface area (Å²) >= 11 is 5.53. The number of rotatable bonds is 2. The van der Waals surface area contributed by atoms with Crippen molar-refractivity contribution in [2.75, 3.05) is 0 Å². The lowest BCUT2D eigenvalue weighted by Crippen LogP contribution is -1.99. The van der Waals surface area contributed by atoms with Gasteiger partial charge in [-0.25, -0.2) is 5.21 Å². The summed E-state index contributed by atoms with van der Waals surface area (Å²) in [7, 11) is 0. The predicted octanol–water partition coefficient (Wildman–Crippen LogP) is 1.55. The first kappa shape index (κ1) is 9.47. The number of halogens is 1. The summed E-state index contributed by atoms with van der Waals surface area (Å²) in [6.07, 6.45) is 0. The quantitative estimate of drug-likeness (QED) is 0.565. The molecule has 0 aromatic heterocycles. The number of hydrogen-bond donors (Lipinski definition) is 2. The lowest BCUT2D eigenvalue weighted by atomic mass is 10.2. The molecule has 0 atom stereocenters. The van der Waals surface area contributed by atoms with Gasteiger partial charge in [-0.3, -0.25) is 0 Å². The fraction of sp³-hybridized carbons (Fsp3) is 0. The molecule has 0 saturated heterocycles. The topological polar surface area (TPSA) is 81.9 Å². The monoisotopic (exact) mass is 203 g/mol. The molecule has 1 rings (SSSR count). The third-order valence-electron chi connectivity index (χ3n) is 1.41. The molecule has 13 heavy (non-hydrogen) atoms. The van der Waals surface area contributed by atoms with E-state index in [1.807, 2.05) is 0 Å². The van der Waals surface area contributed by atoms with Crippen LogP contribution in [0, 0.1) is 4.91 Å². The summed E-state index contributed by atoms with van der Waals surface area (Å²) < 4.78 is 0. The molecule has 0 aliphatic rings. The van der Waals surface area contributed by atoms with E-state index in [1.54, 1.807) is 0 Å². The second-order valence-corrected chi connectivity index (χ2v) is 2.67. The summed E-state index contributed by atoms with van der Waals surface area (Å²) in [6.45, 7) is 0. The Morgan fingerprint density at radius 3 is 2.54 bits per heavy atom. The molecule has 0 aliphatic heterocycles. The van der Waals surface area contributed by atoms with E-state index >= 15 is 0 Å². The number of carboxylic acids is 1. The van der Waals surface area contributed by atoms with Gasteiger partial charge in [0.1, 0.15) is 10.6 Å². The van der Waals surface area contributed by atoms with Crippen LogP contribution < -0.4 is 0 Å². The van der Waals surface area contributed by atoms with Crippen LogP contribution >= 0.6 is 11.6 Å². The Hall–Kier alpha value is -1.62. The van der Waals surface area contributed by atoms with E-state index in [4.69, 9.17) is 26.7 Å². The van der Waals surface area contributed by atoms with Crippen molar-refractivity contribution in [2.24, 2.45) is 0 Å². The van der Waals surface area contributed by atoms with Crippen molar-refractivity contribution in [1.29, 1.82) is 0 Å². The molecule has 0 fully saturated rings. The van der Waals surface area contributed by atoms with Crippen molar-refractivity contribution < 1.29 is 20.0 Å². The Morgan fingerprint density at radius 1 is 1.54 bits per heavy atom. The van der Waals surface area contributed by atoms with Crippen molar-refractivity contribution >= 4 is 23.3 Å². The minimum absolute atomic E-state index is 0.0654. The predicted molar refractivity (Wildman–Crippen MR) is 45.2 cm³/mol. The molecular formula is C7H6ClNO4+2. The number of benzene rings is 1. The molecule has 0 spiro atoms. The molecule has 0 radical (unpaired) electrons. The molecule has 6 heteroatoms. The first-order valence-corrected chi connectivity index (χ1v) is 3.61. The molecule has 5 nitrogen and oxygen atoms in total. The smallest absolute Gasteiger partial charge is 0.335 e. The summed E-state index contributed by atoms with van der Waals surface area (Å²) in [5, 5.41) is 17.1. The summed E-state index contributed by atoms with van der Waals surface area (Å²) in [6, 6.07) is 3.54. The number of nitrogens with zero attached hydrogens (tertiary/aromatic N) is 1. The highest BCUT2D eigenvalue weighted by Gasteiger charge is 2.20. The third kappa shape index (κ3) is 1.94. The first-order valence-electron chi connectivity index (χ1n) is 3.23. The van der Waals surface area contributed by atoms with E-state index in [1.165, 1.54) is 6.07 Å². The van der Waals surface area contributed by atoms with Gasteiger partial charge in [0, 0.05) is 6.07 Å². The van der Waals surface area contributed by atoms with Crippen molar-refractivity contribution in [3.8, 4) is 0 Å². The summed E-state index contributed by atoms with van der Waals surface area (Å²) in [5.41, 5.74) is -0.0951. The van der Waals surface area contributed by atoms with Gasteiger partial charge in [0.05, 0.1) is 4.91 Å². The van der Waals surface area contributed by atoms with Crippen LogP contribution in [0.2, 0.25) is 5.02 Å². The standard InChI is InChI=1S/C7H4ClNO4/c8-5-3-4(7(10)11)1-2-6(5)9(12)13/h1-3H,(H-,10,11,12,13)/p+2. The zero-order valence-corrected chi connectivity index (χ0v) is 7.06. The Bertz CT molecular complexity index is 377. The molecule has 0 aliphatic carbocycles. The van der Waals surface area contributed by atoms with Gasteiger partial charge in [-0.1, -0.05) is 11.6 Å². The lowest BCUT2D eigenvalue weighted by molar-refractivity contribution is -0.729. The van der Waals surface area contributed by atoms with E-state index in [0.29, 0.717) is 0 Å². The molecule has 0 bridgehead atoms. The fourth-order valence-electron chi connectivity index (χ4n) is 0.801. The zero-order valence-electron chi connectivity index (χ0n) is 6.31. The number of carboxylic acid groups (broad SMARTS) is 1. The molecule has 0 amide bonds. The second kappa shape index (κ2) is 3.40. The molecule has 0 saturated carbocycles. The number of aliphatic hydroxyl groups excluding tert-OH is 1. The first-order chi connectivity index (χ1) is 6.02. The second-order valence-electron chi connectivity index (χ2n) is 2.26. The van der Waals surface area contributed by atoms with E-state index in [-0.39, 0.29) is 16.3 Å². The molecule has 1 aromatic rings. The Balaban J connectivity index is 3.20. The van der Waals surface area contributed by atoms with Crippen LogP contribution in [0.3, 0.4) is 0 Å². The molecule has 3 N–H and O–H groups in total. The maximum absolute atomic E-state index is 10.4. The highest BCUT2D eigenvalue weighted by atomic mass is 35.5. The van der Waals surface area contributed by atoms with Crippen LogP contribution in [0.25, 0.3) is 0 Å². The largest absolute Gasteiger partial charge is 0.515 e.